The molecule has 0 aromatic heterocycles. The van der Waals surface area contributed by atoms with E-state index in [-0.39, 0.29) is 11.7 Å². The second kappa shape index (κ2) is 14.4. The quantitative estimate of drug-likeness (QED) is 0.202. The maximum Gasteiger partial charge on any atom is 0.168 e. The van der Waals surface area contributed by atoms with Gasteiger partial charge in [-0.2, -0.15) is 0 Å². The highest BCUT2D eigenvalue weighted by molar-refractivity contribution is 5.65. The summed E-state index contributed by atoms with van der Waals surface area (Å²) >= 11 is 0. The van der Waals surface area contributed by atoms with E-state index in [4.69, 9.17) is 9.47 Å². The summed E-state index contributed by atoms with van der Waals surface area (Å²) < 4.78 is 56.0. The summed E-state index contributed by atoms with van der Waals surface area (Å²) in [5, 5.41) is 0. The third kappa shape index (κ3) is 8.03. The van der Waals surface area contributed by atoms with Crippen LogP contribution in [0.1, 0.15) is 88.2 Å². The van der Waals surface area contributed by atoms with Crippen molar-refractivity contribution < 1.29 is 22.6 Å². The lowest BCUT2D eigenvalue weighted by atomic mass is 9.78. The zero-order valence-corrected chi connectivity index (χ0v) is 23.3. The minimum atomic E-state index is -0.775. The van der Waals surface area contributed by atoms with Crippen LogP contribution >= 0.6 is 0 Å². The van der Waals surface area contributed by atoms with Gasteiger partial charge in [0.1, 0.15) is 5.75 Å². The maximum atomic E-state index is 15.1. The molecule has 4 rings (SSSR count). The number of hydrogen-bond donors (Lipinski definition) is 0. The minimum absolute atomic E-state index is 0.0108. The van der Waals surface area contributed by atoms with Gasteiger partial charge in [0.2, 0.25) is 0 Å². The van der Waals surface area contributed by atoms with Gasteiger partial charge in [0.05, 0.1) is 13.2 Å². The molecule has 1 fully saturated rings. The molecule has 0 saturated heterocycles. The van der Waals surface area contributed by atoms with Crippen molar-refractivity contribution in [2.75, 3.05) is 13.2 Å². The highest BCUT2D eigenvalue weighted by Crippen LogP contribution is 2.39. The molecule has 0 bridgehead atoms. The van der Waals surface area contributed by atoms with Crippen LogP contribution in [0.15, 0.2) is 54.6 Å². The van der Waals surface area contributed by atoms with Crippen LogP contribution in [0.25, 0.3) is 11.1 Å². The van der Waals surface area contributed by atoms with E-state index in [0.29, 0.717) is 41.6 Å². The number of unbranched alkanes of at least 4 members (excludes halogenated alkanes) is 5. The van der Waals surface area contributed by atoms with Crippen molar-refractivity contribution >= 4 is 0 Å². The molecule has 1 saturated carbocycles. The lowest BCUT2D eigenvalue weighted by Crippen LogP contribution is -2.20. The largest absolute Gasteiger partial charge is 0.493 e. The first-order chi connectivity index (χ1) is 19.0. The van der Waals surface area contributed by atoms with Crippen LogP contribution in [0.4, 0.5) is 13.2 Å². The first kappa shape index (κ1) is 29.0. The first-order valence-electron chi connectivity index (χ1n) is 14.6. The fourth-order valence-electron chi connectivity index (χ4n) is 5.44. The van der Waals surface area contributed by atoms with Crippen LogP contribution in [0.2, 0.25) is 0 Å². The summed E-state index contributed by atoms with van der Waals surface area (Å²) in [6.45, 7) is 5.16. The van der Waals surface area contributed by atoms with Crippen LogP contribution in [0, 0.1) is 30.3 Å². The van der Waals surface area contributed by atoms with E-state index < -0.39 is 17.5 Å². The molecule has 0 spiro atoms. The third-order valence-electron chi connectivity index (χ3n) is 7.91. The Balaban J connectivity index is 1.23. The van der Waals surface area contributed by atoms with Gasteiger partial charge in [-0.25, -0.2) is 13.2 Å². The molecule has 0 N–H and O–H groups in total. The molecule has 0 amide bonds. The fourth-order valence-corrected chi connectivity index (χ4v) is 5.44. The standard InChI is InChI=1S/C34H41F3O2/c1-3-4-5-6-7-8-21-38-32-20-17-28(22-31(32)35)39-23-25-11-15-27(16-12-25)30-19-18-29(33(36)34(30)37)26-13-9-24(2)10-14-26/h9-10,13-14,17-20,22,25,27H,3-8,11-12,15-16,21,23H2,1-2H3. The Bertz CT molecular complexity index is 1180. The highest BCUT2D eigenvalue weighted by atomic mass is 19.2. The summed E-state index contributed by atoms with van der Waals surface area (Å²) in [5.74, 6) is -0.879. The van der Waals surface area contributed by atoms with Gasteiger partial charge in [0.15, 0.2) is 23.2 Å². The minimum Gasteiger partial charge on any atom is -0.493 e. The van der Waals surface area contributed by atoms with Crippen molar-refractivity contribution in [2.45, 2.75) is 84.0 Å². The molecule has 0 radical (unpaired) electrons. The van der Waals surface area contributed by atoms with Gasteiger partial charge in [0, 0.05) is 11.6 Å². The van der Waals surface area contributed by atoms with Crippen LogP contribution < -0.4 is 9.47 Å². The van der Waals surface area contributed by atoms with Gasteiger partial charge >= 0.3 is 0 Å². The van der Waals surface area contributed by atoms with Crippen LogP contribution in [0.5, 0.6) is 11.5 Å². The second-order valence-corrected chi connectivity index (χ2v) is 10.9. The number of hydrogen-bond acceptors (Lipinski definition) is 2. The van der Waals surface area contributed by atoms with Crippen LogP contribution in [-0.4, -0.2) is 13.2 Å². The van der Waals surface area contributed by atoms with Crippen LogP contribution in [-0.2, 0) is 0 Å². The molecular formula is C34H41F3O2. The summed E-state index contributed by atoms with van der Waals surface area (Å²) in [5.41, 5.74) is 2.51. The van der Waals surface area contributed by atoms with Crippen molar-refractivity contribution in [3.63, 3.8) is 0 Å². The van der Waals surface area contributed by atoms with Gasteiger partial charge in [-0.3, -0.25) is 0 Å². The van der Waals surface area contributed by atoms with Crippen molar-refractivity contribution in [2.24, 2.45) is 5.92 Å². The molecule has 0 heterocycles. The zero-order valence-electron chi connectivity index (χ0n) is 23.3. The van der Waals surface area contributed by atoms with Crippen molar-refractivity contribution in [1.82, 2.24) is 0 Å². The van der Waals surface area contributed by atoms with Gasteiger partial charge in [-0.1, -0.05) is 81.0 Å². The first-order valence-corrected chi connectivity index (χ1v) is 14.6. The average Bonchev–Trinajstić information content (AvgIpc) is 2.95. The monoisotopic (exact) mass is 538 g/mol. The van der Waals surface area contributed by atoms with E-state index in [1.165, 1.54) is 31.7 Å². The van der Waals surface area contributed by atoms with Gasteiger partial charge in [-0.15, -0.1) is 0 Å². The fraction of sp³-hybridized carbons (Fsp3) is 0.471. The number of ether oxygens (including phenoxy) is 2. The summed E-state index contributed by atoms with van der Waals surface area (Å²) in [7, 11) is 0. The van der Waals surface area contributed by atoms with E-state index in [1.807, 2.05) is 31.2 Å². The third-order valence-corrected chi connectivity index (χ3v) is 7.91. The Morgan fingerprint density at radius 3 is 2.18 bits per heavy atom. The van der Waals surface area contributed by atoms with Crippen molar-refractivity contribution in [3.8, 4) is 22.6 Å². The van der Waals surface area contributed by atoms with Crippen molar-refractivity contribution in [3.05, 3.63) is 83.2 Å². The number of benzene rings is 3. The maximum absolute atomic E-state index is 15.1. The topological polar surface area (TPSA) is 18.5 Å². The van der Waals surface area contributed by atoms with E-state index in [1.54, 1.807) is 24.3 Å². The number of rotatable bonds is 13. The number of aryl methyl sites for hydroxylation is 1. The molecule has 5 heteroatoms. The number of halogens is 3. The highest BCUT2D eigenvalue weighted by Gasteiger charge is 2.27. The van der Waals surface area contributed by atoms with E-state index >= 15 is 4.39 Å². The molecular weight excluding hydrogens is 497 g/mol. The van der Waals surface area contributed by atoms with Gasteiger partial charge < -0.3 is 9.47 Å². The summed E-state index contributed by atoms with van der Waals surface area (Å²) in [6, 6.07) is 15.7. The molecule has 0 aliphatic heterocycles. The Morgan fingerprint density at radius 2 is 1.46 bits per heavy atom. The summed E-state index contributed by atoms with van der Waals surface area (Å²) in [6.07, 6.45) is 10.2. The molecule has 210 valence electrons. The normalized spacial score (nSPS) is 17.3. The molecule has 3 aromatic rings. The van der Waals surface area contributed by atoms with Gasteiger partial charge in [-0.05, 0) is 74.1 Å². The Morgan fingerprint density at radius 1 is 0.744 bits per heavy atom. The zero-order chi connectivity index (χ0) is 27.6. The lowest BCUT2D eigenvalue weighted by Gasteiger charge is -2.29. The predicted octanol–water partition coefficient (Wildman–Crippen LogP) is 10.2. The van der Waals surface area contributed by atoms with Gasteiger partial charge in [0.25, 0.3) is 0 Å². The Labute approximate surface area is 231 Å². The molecule has 39 heavy (non-hydrogen) atoms. The molecule has 1 aliphatic rings. The molecule has 2 nitrogen and oxygen atoms in total. The van der Waals surface area contributed by atoms with Crippen LogP contribution in [0.3, 0.4) is 0 Å². The SMILES string of the molecule is CCCCCCCCOc1ccc(OCC2CCC(c3ccc(-c4ccc(C)cc4)c(F)c3F)CC2)cc1F. The molecule has 0 atom stereocenters. The van der Waals surface area contributed by atoms with E-state index in [0.717, 1.165) is 44.1 Å². The average molecular weight is 539 g/mol. The lowest BCUT2D eigenvalue weighted by molar-refractivity contribution is 0.198. The Kier molecular flexibility index (Phi) is 10.8. The predicted molar refractivity (Wildman–Crippen MR) is 152 cm³/mol. The molecule has 3 aromatic carbocycles. The smallest absolute Gasteiger partial charge is 0.168 e. The summed E-state index contributed by atoms with van der Waals surface area (Å²) in [4.78, 5) is 0. The van der Waals surface area contributed by atoms with E-state index in [9.17, 15) is 8.78 Å². The molecule has 0 unspecified atom stereocenters. The molecule has 1 aliphatic carbocycles. The van der Waals surface area contributed by atoms with E-state index in [2.05, 4.69) is 6.92 Å². The second-order valence-electron chi connectivity index (χ2n) is 10.9. The Hall–Kier alpha value is -2.95. The van der Waals surface area contributed by atoms with Crippen molar-refractivity contribution in [1.29, 1.82) is 0 Å².